The van der Waals surface area contributed by atoms with Crippen LogP contribution < -0.4 is 4.74 Å². The Morgan fingerprint density at radius 3 is 3.05 bits per heavy atom. The number of nitrogens with zero attached hydrogens (tertiary/aromatic N) is 2. The van der Waals surface area contributed by atoms with Crippen molar-refractivity contribution in [3.05, 3.63) is 33.9 Å². The van der Waals surface area contributed by atoms with E-state index in [0.29, 0.717) is 25.2 Å². The molecule has 0 saturated carbocycles. The molecule has 1 aromatic rings. The van der Waals surface area contributed by atoms with Gasteiger partial charge in [-0.15, -0.1) is 0 Å². The molecule has 2 rings (SSSR count). The number of nitro groups is 1. The van der Waals surface area contributed by atoms with Gasteiger partial charge in [0, 0.05) is 25.2 Å². The van der Waals surface area contributed by atoms with E-state index in [1.807, 2.05) is 0 Å². The van der Waals surface area contributed by atoms with E-state index in [0.717, 1.165) is 19.6 Å². The molecule has 0 bridgehead atoms. The number of carbonyl (C=O) groups excluding carboxylic acids is 1. The highest BCUT2D eigenvalue weighted by molar-refractivity contribution is 5.80. The molecule has 1 aromatic carbocycles. The largest absolute Gasteiger partial charge is 0.490 e. The number of likely N-dealkylation sites (N-methyl/N-ethyl adjacent to an activating group) is 1. The first-order valence-electron chi connectivity index (χ1n) is 6.84. The average Bonchev–Trinajstić information content (AvgIpc) is 2.52. The summed E-state index contributed by atoms with van der Waals surface area (Å²) in [6, 6.07) is 3.98. The van der Waals surface area contributed by atoms with Gasteiger partial charge in [-0.3, -0.25) is 19.8 Å². The monoisotopic (exact) mass is 294 g/mol. The number of rotatable bonds is 6. The van der Waals surface area contributed by atoms with E-state index >= 15 is 0 Å². The molecule has 1 atom stereocenters. The van der Waals surface area contributed by atoms with Gasteiger partial charge in [0.2, 0.25) is 0 Å². The Balaban J connectivity index is 1.99. The van der Waals surface area contributed by atoms with Crippen LogP contribution in [0.5, 0.6) is 5.75 Å². The summed E-state index contributed by atoms with van der Waals surface area (Å²) in [5.41, 5.74) is 0.0443. The van der Waals surface area contributed by atoms with Crippen LogP contribution in [0.1, 0.15) is 17.3 Å². The predicted molar refractivity (Wildman–Crippen MR) is 75.8 cm³/mol. The van der Waals surface area contributed by atoms with Crippen molar-refractivity contribution < 1.29 is 19.2 Å². The third-order valence-corrected chi connectivity index (χ3v) is 3.43. The maximum absolute atomic E-state index is 11.0. The zero-order chi connectivity index (χ0) is 15.2. The van der Waals surface area contributed by atoms with Crippen LogP contribution in [-0.2, 0) is 4.74 Å². The summed E-state index contributed by atoms with van der Waals surface area (Å²) in [6.45, 7) is 5.70. The van der Waals surface area contributed by atoms with Crippen molar-refractivity contribution >= 4 is 12.0 Å². The van der Waals surface area contributed by atoms with Crippen LogP contribution >= 0.6 is 0 Å². The van der Waals surface area contributed by atoms with Crippen LogP contribution in [0.2, 0.25) is 0 Å². The highest BCUT2D eigenvalue weighted by Gasteiger charge is 2.20. The van der Waals surface area contributed by atoms with Crippen molar-refractivity contribution in [2.45, 2.75) is 13.0 Å². The zero-order valence-corrected chi connectivity index (χ0v) is 11.9. The van der Waals surface area contributed by atoms with Crippen molar-refractivity contribution in [1.29, 1.82) is 0 Å². The number of non-ortho nitro benzene ring substituents is 1. The van der Waals surface area contributed by atoms with Gasteiger partial charge in [0.25, 0.3) is 5.69 Å². The number of benzene rings is 1. The fraction of sp³-hybridized carbons (Fsp3) is 0.500. The Morgan fingerprint density at radius 2 is 2.38 bits per heavy atom. The normalized spacial score (nSPS) is 19.2. The molecule has 0 spiro atoms. The Hall–Kier alpha value is -1.99. The second-order valence-corrected chi connectivity index (χ2v) is 4.79. The van der Waals surface area contributed by atoms with E-state index in [-0.39, 0.29) is 17.4 Å². The lowest BCUT2D eigenvalue weighted by atomic mass is 10.2. The molecule has 7 heteroatoms. The second kappa shape index (κ2) is 7.14. The highest BCUT2D eigenvalue weighted by Crippen LogP contribution is 2.23. The van der Waals surface area contributed by atoms with E-state index < -0.39 is 4.92 Å². The first-order valence-corrected chi connectivity index (χ1v) is 6.84. The number of hydrogen-bond acceptors (Lipinski definition) is 6. The van der Waals surface area contributed by atoms with E-state index in [2.05, 4.69) is 11.8 Å². The Bertz CT molecular complexity index is 520. The number of aldehydes is 1. The van der Waals surface area contributed by atoms with Crippen LogP contribution in [0, 0.1) is 10.1 Å². The fourth-order valence-electron chi connectivity index (χ4n) is 2.22. The Morgan fingerprint density at radius 1 is 1.57 bits per heavy atom. The molecule has 7 nitrogen and oxygen atoms in total. The Kier molecular flexibility index (Phi) is 5.24. The molecule has 1 fully saturated rings. The summed E-state index contributed by atoms with van der Waals surface area (Å²) in [5, 5.41) is 10.7. The summed E-state index contributed by atoms with van der Waals surface area (Å²) in [5.74, 6) is 0.341. The molecule has 21 heavy (non-hydrogen) atoms. The lowest BCUT2D eigenvalue weighted by Gasteiger charge is -2.31. The number of carbonyl (C=O) groups is 1. The third kappa shape index (κ3) is 3.99. The van der Waals surface area contributed by atoms with Crippen LogP contribution in [0.25, 0.3) is 0 Å². The van der Waals surface area contributed by atoms with Gasteiger partial charge in [-0.25, -0.2) is 0 Å². The molecule has 114 valence electrons. The van der Waals surface area contributed by atoms with Gasteiger partial charge in [-0.1, -0.05) is 6.92 Å². The molecule has 1 saturated heterocycles. The maximum Gasteiger partial charge on any atom is 0.270 e. The van der Waals surface area contributed by atoms with Gasteiger partial charge in [-0.2, -0.15) is 0 Å². The van der Waals surface area contributed by atoms with Crippen LogP contribution in [-0.4, -0.2) is 55.1 Å². The number of nitro benzene ring substituents is 1. The standard InChI is InChI=1S/C14H18N2O5/c1-2-15-5-6-20-13(8-15)10-21-14-4-3-12(16(18)19)7-11(14)9-17/h3-4,7,9,13H,2,5-6,8,10H2,1H3. The molecule has 0 N–H and O–H groups in total. The summed E-state index contributed by atoms with van der Waals surface area (Å²) in [4.78, 5) is 23.4. The molecule has 0 amide bonds. The minimum Gasteiger partial charge on any atom is -0.490 e. The van der Waals surface area contributed by atoms with E-state index in [9.17, 15) is 14.9 Å². The van der Waals surface area contributed by atoms with Crippen molar-refractivity contribution in [2.75, 3.05) is 32.8 Å². The predicted octanol–water partition coefficient (Wildman–Crippen LogP) is 1.51. The first-order chi connectivity index (χ1) is 10.1. The lowest BCUT2D eigenvalue weighted by Crippen LogP contribution is -2.44. The number of hydrogen-bond donors (Lipinski definition) is 0. The molecule has 0 aromatic heterocycles. The molecular formula is C14H18N2O5. The lowest BCUT2D eigenvalue weighted by molar-refractivity contribution is -0.384. The topological polar surface area (TPSA) is 81.9 Å². The van der Waals surface area contributed by atoms with E-state index in [1.54, 1.807) is 0 Å². The van der Waals surface area contributed by atoms with Gasteiger partial charge in [-0.05, 0) is 12.6 Å². The first kappa shape index (κ1) is 15.4. The van der Waals surface area contributed by atoms with Gasteiger partial charge >= 0.3 is 0 Å². The van der Waals surface area contributed by atoms with Gasteiger partial charge in [0.05, 0.1) is 17.1 Å². The third-order valence-electron chi connectivity index (χ3n) is 3.43. The minimum atomic E-state index is -0.542. The number of morpholine rings is 1. The minimum absolute atomic E-state index is 0.0617. The highest BCUT2D eigenvalue weighted by atomic mass is 16.6. The second-order valence-electron chi connectivity index (χ2n) is 4.79. The van der Waals surface area contributed by atoms with Gasteiger partial charge < -0.3 is 9.47 Å². The SMILES string of the molecule is CCN1CCOC(COc2ccc([N+](=O)[O-])cc2C=O)C1. The molecule has 0 aliphatic carbocycles. The van der Waals surface area contributed by atoms with Crippen LogP contribution in [0.4, 0.5) is 5.69 Å². The van der Waals surface area contributed by atoms with Crippen molar-refractivity contribution in [1.82, 2.24) is 4.90 Å². The van der Waals surface area contributed by atoms with E-state index in [1.165, 1.54) is 18.2 Å². The maximum atomic E-state index is 11.0. The fourth-order valence-corrected chi connectivity index (χ4v) is 2.22. The summed E-state index contributed by atoms with van der Waals surface area (Å²) < 4.78 is 11.2. The molecule has 1 heterocycles. The van der Waals surface area contributed by atoms with Crippen molar-refractivity contribution in [3.63, 3.8) is 0 Å². The van der Waals surface area contributed by atoms with Crippen LogP contribution in [0.3, 0.4) is 0 Å². The van der Waals surface area contributed by atoms with Crippen molar-refractivity contribution in [2.24, 2.45) is 0 Å². The molecular weight excluding hydrogens is 276 g/mol. The smallest absolute Gasteiger partial charge is 0.270 e. The molecule has 1 aliphatic heterocycles. The van der Waals surface area contributed by atoms with Crippen LogP contribution in [0.15, 0.2) is 18.2 Å². The number of ether oxygens (including phenoxy) is 2. The van der Waals surface area contributed by atoms with Crippen molar-refractivity contribution in [3.8, 4) is 5.75 Å². The summed E-state index contributed by atoms with van der Waals surface area (Å²) in [6.07, 6.45) is 0.496. The Labute approximate surface area is 122 Å². The van der Waals surface area contributed by atoms with Gasteiger partial charge in [0.1, 0.15) is 18.5 Å². The van der Waals surface area contributed by atoms with Gasteiger partial charge in [0.15, 0.2) is 6.29 Å². The summed E-state index contributed by atoms with van der Waals surface area (Å²) in [7, 11) is 0. The molecule has 1 unspecified atom stereocenters. The quantitative estimate of drug-likeness (QED) is 0.449. The molecule has 1 aliphatic rings. The van der Waals surface area contributed by atoms with E-state index in [4.69, 9.17) is 9.47 Å². The zero-order valence-electron chi connectivity index (χ0n) is 11.9. The summed E-state index contributed by atoms with van der Waals surface area (Å²) >= 11 is 0. The molecule has 0 radical (unpaired) electrons. The average molecular weight is 294 g/mol.